The number of aromatic nitrogens is 2. The molecule has 7 nitrogen and oxygen atoms in total. The first-order chi connectivity index (χ1) is 15.1. The standard InChI is InChI=1S/C21H22N4O3S3/c1-14(16-9-10-17(27-2)18(11-16)28-3)22-23-19(26)13-30-21-25-24-20(31-21)29-12-15-7-5-4-6-8-15/h4-11H,12-13H2,1-3H3,(H,23,26)/b22-14+. The van der Waals surface area contributed by atoms with Crippen molar-refractivity contribution in [2.75, 3.05) is 20.0 Å². The number of hydrogen-bond acceptors (Lipinski definition) is 9. The molecule has 0 unspecified atom stereocenters. The number of benzene rings is 2. The molecule has 3 aromatic rings. The second kappa shape index (κ2) is 11.7. The highest BCUT2D eigenvalue weighted by atomic mass is 32.2. The van der Waals surface area contributed by atoms with Gasteiger partial charge < -0.3 is 9.47 Å². The molecule has 2 aromatic carbocycles. The third-order valence-corrected chi connectivity index (χ3v) is 7.33. The summed E-state index contributed by atoms with van der Waals surface area (Å²) in [5.41, 5.74) is 5.30. The van der Waals surface area contributed by atoms with Crippen LogP contribution in [0.4, 0.5) is 0 Å². The molecule has 0 aliphatic heterocycles. The van der Waals surface area contributed by atoms with E-state index >= 15 is 0 Å². The minimum absolute atomic E-state index is 0.209. The van der Waals surface area contributed by atoms with Crippen LogP contribution < -0.4 is 14.9 Å². The lowest BCUT2D eigenvalue weighted by molar-refractivity contribution is -0.118. The molecule has 0 bridgehead atoms. The van der Waals surface area contributed by atoms with Crippen LogP contribution >= 0.6 is 34.9 Å². The van der Waals surface area contributed by atoms with E-state index in [2.05, 4.69) is 32.9 Å². The van der Waals surface area contributed by atoms with E-state index in [0.29, 0.717) is 17.2 Å². The molecule has 31 heavy (non-hydrogen) atoms. The second-order valence-electron chi connectivity index (χ2n) is 6.20. The number of carbonyl (C=O) groups excluding carboxylic acids is 1. The van der Waals surface area contributed by atoms with Gasteiger partial charge in [0.15, 0.2) is 20.2 Å². The van der Waals surface area contributed by atoms with E-state index in [4.69, 9.17) is 9.47 Å². The van der Waals surface area contributed by atoms with Crippen LogP contribution in [0, 0.1) is 0 Å². The third-order valence-electron chi connectivity index (χ3n) is 4.07. The third kappa shape index (κ3) is 6.98. The van der Waals surface area contributed by atoms with Crippen molar-refractivity contribution in [3.05, 3.63) is 59.7 Å². The van der Waals surface area contributed by atoms with Gasteiger partial charge in [-0.1, -0.05) is 65.2 Å². The van der Waals surface area contributed by atoms with Gasteiger partial charge in [-0.2, -0.15) is 5.10 Å². The van der Waals surface area contributed by atoms with Gasteiger partial charge in [0.1, 0.15) is 0 Å². The number of hydrazone groups is 1. The number of amides is 1. The number of rotatable bonds is 10. The van der Waals surface area contributed by atoms with Gasteiger partial charge in [0, 0.05) is 11.3 Å². The van der Waals surface area contributed by atoms with Crippen LogP contribution in [0.1, 0.15) is 18.1 Å². The van der Waals surface area contributed by atoms with Crippen LogP contribution in [0.25, 0.3) is 0 Å². The molecule has 1 amide bonds. The number of hydrogen-bond donors (Lipinski definition) is 1. The lowest BCUT2D eigenvalue weighted by atomic mass is 10.1. The predicted molar refractivity (Wildman–Crippen MR) is 127 cm³/mol. The van der Waals surface area contributed by atoms with Crippen LogP contribution in [-0.4, -0.2) is 41.8 Å². The summed E-state index contributed by atoms with van der Waals surface area (Å²) >= 11 is 4.46. The number of methoxy groups -OCH3 is 2. The zero-order valence-electron chi connectivity index (χ0n) is 17.3. The highest BCUT2D eigenvalue weighted by Crippen LogP contribution is 2.30. The first-order valence-corrected chi connectivity index (χ1v) is 12.1. The van der Waals surface area contributed by atoms with Gasteiger partial charge in [-0.05, 0) is 30.7 Å². The van der Waals surface area contributed by atoms with Gasteiger partial charge in [0.25, 0.3) is 5.91 Å². The zero-order valence-corrected chi connectivity index (χ0v) is 19.8. The van der Waals surface area contributed by atoms with Gasteiger partial charge in [0.05, 0.1) is 25.7 Å². The highest BCUT2D eigenvalue weighted by Gasteiger charge is 2.10. The molecule has 0 radical (unpaired) electrons. The molecule has 3 rings (SSSR count). The number of nitrogens with zero attached hydrogens (tertiary/aromatic N) is 3. The Bertz CT molecular complexity index is 1040. The quantitative estimate of drug-likeness (QED) is 0.263. The molecule has 0 spiro atoms. The van der Waals surface area contributed by atoms with Crippen molar-refractivity contribution in [1.29, 1.82) is 0 Å². The van der Waals surface area contributed by atoms with E-state index in [9.17, 15) is 4.79 Å². The van der Waals surface area contributed by atoms with E-state index in [1.54, 1.807) is 32.0 Å². The Balaban J connectivity index is 1.47. The molecule has 162 valence electrons. The van der Waals surface area contributed by atoms with E-state index in [-0.39, 0.29) is 11.7 Å². The molecule has 1 N–H and O–H groups in total. The lowest BCUT2D eigenvalue weighted by Crippen LogP contribution is -2.21. The summed E-state index contributed by atoms with van der Waals surface area (Å²) in [7, 11) is 3.16. The summed E-state index contributed by atoms with van der Waals surface area (Å²) < 4.78 is 12.2. The van der Waals surface area contributed by atoms with Crippen molar-refractivity contribution in [2.24, 2.45) is 5.10 Å². The topological polar surface area (TPSA) is 85.7 Å². The summed E-state index contributed by atoms with van der Waals surface area (Å²) in [5.74, 6) is 2.08. The SMILES string of the molecule is COc1ccc(/C(C)=N/NC(=O)CSc2nnc(SCc3ccccc3)s2)cc1OC. The van der Waals surface area contributed by atoms with E-state index in [1.165, 1.54) is 28.7 Å². The molecule has 0 aliphatic carbocycles. The first kappa shape index (κ1) is 23.1. The Morgan fingerprint density at radius 3 is 2.45 bits per heavy atom. The average Bonchev–Trinajstić information content (AvgIpc) is 3.28. The molecule has 1 heterocycles. The van der Waals surface area contributed by atoms with Crippen molar-refractivity contribution in [3.8, 4) is 11.5 Å². The Morgan fingerprint density at radius 2 is 1.74 bits per heavy atom. The Hall–Kier alpha value is -2.56. The van der Waals surface area contributed by atoms with Gasteiger partial charge in [-0.15, -0.1) is 10.2 Å². The van der Waals surface area contributed by atoms with Crippen molar-refractivity contribution in [3.63, 3.8) is 0 Å². The van der Waals surface area contributed by atoms with Crippen LogP contribution in [0.2, 0.25) is 0 Å². The Labute approximate surface area is 193 Å². The highest BCUT2D eigenvalue weighted by molar-refractivity contribution is 8.03. The number of thioether (sulfide) groups is 2. The summed E-state index contributed by atoms with van der Waals surface area (Å²) in [6.45, 7) is 1.82. The van der Waals surface area contributed by atoms with Crippen LogP contribution in [0.15, 0.2) is 62.3 Å². The maximum absolute atomic E-state index is 12.2. The summed E-state index contributed by atoms with van der Waals surface area (Å²) in [5, 5.41) is 12.5. The molecular formula is C21H22N4O3S3. The molecule has 0 atom stereocenters. The Morgan fingerprint density at radius 1 is 1.03 bits per heavy atom. The van der Waals surface area contributed by atoms with Gasteiger partial charge in [-0.3, -0.25) is 4.79 Å². The maximum atomic E-state index is 12.2. The van der Waals surface area contributed by atoms with E-state index in [1.807, 2.05) is 37.3 Å². The van der Waals surface area contributed by atoms with Gasteiger partial charge in [0.2, 0.25) is 0 Å². The minimum atomic E-state index is -0.210. The van der Waals surface area contributed by atoms with E-state index in [0.717, 1.165) is 20.0 Å². The Kier molecular flexibility index (Phi) is 8.74. The van der Waals surface area contributed by atoms with Crippen molar-refractivity contribution < 1.29 is 14.3 Å². The molecular weight excluding hydrogens is 452 g/mol. The molecule has 0 saturated heterocycles. The summed E-state index contributed by atoms with van der Waals surface area (Å²) in [6.07, 6.45) is 0. The van der Waals surface area contributed by atoms with Crippen LogP contribution in [0.5, 0.6) is 11.5 Å². The molecule has 10 heteroatoms. The normalized spacial score (nSPS) is 11.3. The van der Waals surface area contributed by atoms with Crippen LogP contribution in [0.3, 0.4) is 0 Å². The number of nitrogens with one attached hydrogen (secondary N) is 1. The number of ether oxygens (including phenoxy) is 2. The smallest absolute Gasteiger partial charge is 0.250 e. The molecule has 0 fully saturated rings. The molecule has 0 aliphatic rings. The summed E-state index contributed by atoms with van der Waals surface area (Å²) in [4.78, 5) is 12.2. The monoisotopic (exact) mass is 474 g/mol. The molecule has 1 aromatic heterocycles. The van der Waals surface area contributed by atoms with Crippen molar-refractivity contribution in [1.82, 2.24) is 15.6 Å². The number of carbonyl (C=O) groups is 1. The largest absolute Gasteiger partial charge is 0.493 e. The average molecular weight is 475 g/mol. The fourth-order valence-electron chi connectivity index (χ4n) is 2.46. The molecule has 0 saturated carbocycles. The lowest BCUT2D eigenvalue weighted by Gasteiger charge is -2.09. The minimum Gasteiger partial charge on any atom is -0.493 e. The second-order valence-corrected chi connectivity index (χ2v) is 9.62. The first-order valence-electron chi connectivity index (χ1n) is 9.27. The van der Waals surface area contributed by atoms with Crippen molar-refractivity contribution in [2.45, 2.75) is 21.4 Å². The maximum Gasteiger partial charge on any atom is 0.250 e. The fourth-order valence-corrected chi connectivity index (χ4v) is 5.23. The fraction of sp³-hybridized carbons (Fsp3) is 0.238. The summed E-state index contributed by atoms with van der Waals surface area (Å²) in [6, 6.07) is 15.7. The van der Waals surface area contributed by atoms with Crippen LogP contribution in [-0.2, 0) is 10.5 Å². The van der Waals surface area contributed by atoms with E-state index < -0.39 is 0 Å². The van der Waals surface area contributed by atoms with Gasteiger partial charge in [-0.25, -0.2) is 5.43 Å². The van der Waals surface area contributed by atoms with Crippen molar-refractivity contribution >= 4 is 46.5 Å². The zero-order chi connectivity index (χ0) is 22.1. The van der Waals surface area contributed by atoms with Gasteiger partial charge >= 0.3 is 0 Å². The predicted octanol–water partition coefficient (Wildman–Crippen LogP) is 4.48.